The Hall–Kier alpha value is -2.10. The standard InChI is InChI=1S/C24H23Cl2NO2/c1-14-7-4-5-8-15(14)16-11-21(29)27(18-10-6-9-17(25)23(18)26)19-12-24(2,3)13-20(28)22(16)19/h4-10,16H,11-13H2,1-3H3. The number of hydrogen-bond donors (Lipinski definition) is 0. The van der Waals surface area contributed by atoms with Gasteiger partial charge in [0.2, 0.25) is 5.91 Å². The molecular formula is C24H23Cl2NO2. The Morgan fingerprint density at radius 2 is 1.72 bits per heavy atom. The highest BCUT2D eigenvalue weighted by molar-refractivity contribution is 6.44. The fourth-order valence-corrected chi connectivity index (χ4v) is 4.98. The van der Waals surface area contributed by atoms with Gasteiger partial charge in [0.25, 0.3) is 0 Å². The second-order valence-electron chi connectivity index (χ2n) is 8.72. The van der Waals surface area contributed by atoms with Crippen LogP contribution in [-0.2, 0) is 9.59 Å². The second-order valence-corrected chi connectivity index (χ2v) is 9.50. The number of carbonyl (C=O) groups is 2. The van der Waals surface area contributed by atoms with Gasteiger partial charge in [-0.1, -0.05) is 67.4 Å². The van der Waals surface area contributed by atoms with Gasteiger partial charge >= 0.3 is 0 Å². The van der Waals surface area contributed by atoms with Gasteiger partial charge < -0.3 is 0 Å². The quantitative estimate of drug-likeness (QED) is 0.550. The van der Waals surface area contributed by atoms with E-state index in [2.05, 4.69) is 13.8 Å². The van der Waals surface area contributed by atoms with Crippen LogP contribution in [0.4, 0.5) is 5.69 Å². The summed E-state index contributed by atoms with van der Waals surface area (Å²) >= 11 is 12.7. The Balaban J connectivity index is 1.96. The smallest absolute Gasteiger partial charge is 0.232 e. The molecule has 0 saturated carbocycles. The molecule has 29 heavy (non-hydrogen) atoms. The first-order valence-corrected chi connectivity index (χ1v) is 10.5. The summed E-state index contributed by atoms with van der Waals surface area (Å²) in [7, 11) is 0. The van der Waals surface area contributed by atoms with Crippen molar-refractivity contribution in [3.63, 3.8) is 0 Å². The molecule has 1 aliphatic heterocycles. The van der Waals surface area contributed by atoms with Crippen LogP contribution in [0.3, 0.4) is 0 Å². The maximum absolute atomic E-state index is 13.4. The van der Waals surface area contributed by atoms with E-state index in [1.165, 1.54) is 0 Å². The van der Waals surface area contributed by atoms with Gasteiger partial charge in [-0.05, 0) is 42.0 Å². The van der Waals surface area contributed by atoms with E-state index in [1.807, 2.05) is 31.2 Å². The van der Waals surface area contributed by atoms with Gasteiger partial charge in [0.05, 0.1) is 15.7 Å². The molecule has 0 spiro atoms. The maximum atomic E-state index is 13.4. The van der Waals surface area contributed by atoms with E-state index >= 15 is 0 Å². The van der Waals surface area contributed by atoms with E-state index in [0.29, 0.717) is 28.6 Å². The maximum Gasteiger partial charge on any atom is 0.232 e. The lowest BCUT2D eigenvalue weighted by Gasteiger charge is -2.43. The number of nitrogens with zero attached hydrogens (tertiary/aromatic N) is 1. The number of halogens is 2. The molecular weight excluding hydrogens is 405 g/mol. The summed E-state index contributed by atoms with van der Waals surface area (Å²) in [6.07, 6.45) is 1.34. The number of allylic oxidation sites excluding steroid dienone is 2. The zero-order valence-corrected chi connectivity index (χ0v) is 18.3. The average Bonchev–Trinajstić information content (AvgIpc) is 2.63. The van der Waals surface area contributed by atoms with Crippen LogP contribution in [0.2, 0.25) is 10.0 Å². The van der Waals surface area contributed by atoms with Crippen molar-refractivity contribution in [3.8, 4) is 0 Å². The summed E-state index contributed by atoms with van der Waals surface area (Å²) in [5.74, 6) is -0.177. The number of carbonyl (C=O) groups excluding carboxylic acids is 2. The normalized spacial score (nSPS) is 21.4. The molecule has 5 heteroatoms. The molecule has 0 fully saturated rings. The Morgan fingerprint density at radius 3 is 2.45 bits per heavy atom. The van der Waals surface area contributed by atoms with Gasteiger partial charge in [-0.3, -0.25) is 14.5 Å². The summed E-state index contributed by atoms with van der Waals surface area (Å²) < 4.78 is 0. The average molecular weight is 428 g/mol. The van der Waals surface area contributed by atoms with E-state index in [-0.39, 0.29) is 29.4 Å². The van der Waals surface area contributed by atoms with Crippen molar-refractivity contribution in [1.82, 2.24) is 0 Å². The van der Waals surface area contributed by atoms with Crippen LogP contribution in [0.1, 0.15) is 50.2 Å². The fourth-order valence-electron chi connectivity index (χ4n) is 4.60. The van der Waals surface area contributed by atoms with Crippen molar-refractivity contribution in [2.75, 3.05) is 4.90 Å². The highest BCUT2D eigenvalue weighted by Gasteiger charge is 2.45. The molecule has 2 aromatic rings. The minimum absolute atomic E-state index is 0.0633. The number of anilines is 1. The summed E-state index contributed by atoms with van der Waals surface area (Å²) in [5, 5.41) is 0.723. The molecule has 0 radical (unpaired) electrons. The zero-order chi connectivity index (χ0) is 20.9. The van der Waals surface area contributed by atoms with Crippen LogP contribution in [0.5, 0.6) is 0 Å². The van der Waals surface area contributed by atoms with Crippen LogP contribution >= 0.6 is 23.2 Å². The Bertz CT molecular complexity index is 1050. The number of rotatable bonds is 2. The highest BCUT2D eigenvalue weighted by atomic mass is 35.5. The molecule has 0 saturated heterocycles. The largest absolute Gasteiger partial charge is 0.294 e. The molecule has 150 valence electrons. The molecule has 1 aliphatic carbocycles. The van der Waals surface area contributed by atoms with Gasteiger partial charge in [0, 0.05) is 30.0 Å². The van der Waals surface area contributed by atoms with Crippen LogP contribution < -0.4 is 4.90 Å². The number of ketones is 1. The van der Waals surface area contributed by atoms with Gasteiger partial charge in [-0.2, -0.15) is 0 Å². The van der Waals surface area contributed by atoms with Crippen molar-refractivity contribution in [3.05, 3.63) is 74.9 Å². The van der Waals surface area contributed by atoms with E-state index in [9.17, 15) is 9.59 Å². The third-order valence-corrected chi connectivity index (χ3v) is 6.69. The Kier molecular flexibility index (Phi) is 5.08. The number of amides is 1. The van der Waals surface area contributed by atoms with Crippen LogP contribution in [0.15, 0.2) is 53.7 Å². The van der Waals surface area contributed by atoms with E-state index in [4.69, 9.17) is 23.2 Å². The van der Waals surface area contributed by atoms with Crippen molar-refractivity contribution in [1.29, 1.82) is 0 Å². The first kappa shape index (κ1) is 20.2. The van der Waals surface area contributed by atoms with Gasteiger partial charge in [-0.15, -0.1) is 0 Å². The predicted octanol–water partition coefficient (Wildman–Crippen LogP) is 6.47. The summed E-state index contributed by atoms with van der Waals surface area (Å²) in [6.45, 7) is 6.15. The molecule has 1 heterocycles. The molecule has 1 unspecified atom stereocenters. The lowest BCUT2D eigenvalue weighted by molar-refractivity contribution is -0.121. The van der Waals surface area contributed by atoms with E-state index in [0.717, 1.165) is 22.4 Å². The van der Waals surface area contributed by atoms with Crippen LogP contribution in [0.25, 0.3) is 0 Å². The van der Waals surface area contributed by atoms with Crippen molar-refractivity contribution >= 4 is 40.6 Å². The summed E-state index contributed by atoms with van der Waals surface area (Å²) in [5.41, 5.74) is 3.95. The molecule has 1 amide bonds. The Labute approximate surface area is 181 Å². The van der Waals surface area contributed by atoms with Crippen LogP contribution in [-0.4, -0.2) is 11.7 Å². The Morgan fingerprint density at radius 1 is 1.00 bits per heavy atom. The number of hydrogen-bond acceptors (Lipinski definition) is 2. The number of Topliss-reactive ketones (excluding diaryl/α,β-unsaturated/α-hetero) is 1. The van der Waals surface area contributed by atoms with E-state index < -0.39 is 0 Å². The van der Waals surface area contributed by atoms with Crippen LogP contribution in [0, 0.1) is 12.3 Å². The summed E-state index contributed by atoms with van der Waals surface area (Å²) in [4.78, 5) is 28.4. The minimum Gasteiger partial charge on any atom is -0.294 e. The molecule has 4 rings (SSSR count). The lowest BCUT2D eigenvalue weighted by atomic mass is 9.69. The monoisotopic (exact) mass is 427 g/mol. The van der Waals surface area contributed by atoms with Crippen molar-refractivity contribution < 1.29 is 9.59 Å². The topological polar surface area (TPSA) is 37.4 Å². The molecule has 0 N–H and O–H groups in total. The fraction of sp³-hybridized carbons (Fsp3) is 0.333. The molecule has 1 atom stereocenters. The zero-order valence-electron chi connectivity index (χ0n) is 16.8. The van der Waals surface area contributed by atoms with Crippen molar-refractivity contribution in [2.45, 2.75) is 46.0 Å². The third-order valence-electron chi connectivity index (χ3n) is 5.88. The van der Waals surface area contributed by atoms with E-state index in [1.54, 1.807) is 23.1 Å². The molecule has 0 bridgehead atoms. The minimum atomic E-state index is -0.229. The first-order chi connectivity index (χ1) is 13.7. The molecule has 2 aliphatic rings. The number of benzene rings is 2. The van der Waals surface area contributed by atoms with Gasteiger partial charge in [0.1, 0.15) is 0 Å². The molecule has 0 aromatic heterocycles. The summed E-state index contributed by atoms with van der Waals surface area (Å²) in [6, 6.07) is 13.2. The second kappa shape index (κ2) is 7.30. The highest BCUT2D eigenvalue weighted by Crippen LogP contribution is 2.49. The molecule has 3 nitrogen and oxygen atoms in total. The first-order valence-electron chi connectivity index (χ1n) is 9.78. The van der Waals surface area contributed by atoms with Gasteiger partial charge in [0.15, 0.2) is 5.78 Å². The van der Waals surface area contributed by atoms with Crippen molar-refractivity contribution in [2.24, 2.45) is 5.41 Å². The van der Waals surface area contributed by atoms with Gasteiger partial charge in [-0.25, -0.2) is 0 Å². The number of aryl methyl sites for hydroxylation is 1. The molecule has 2 aromatic carbocycles. The lowest BCUT2D eigenvalue weighted by Crippen LogP contribution is -2.44. The third kappa shape index (κ3) is 3.51. The SMILES string of the molecule is Cc1ccccc1C1CC(=O)N(c2cccc(Cl)c2Cl)C2=C1C(=O)CC(C)(C)C2. The predicted molar refractivity (Wildman–Crippen MR) is 118 cm³/mol.